The van der Waals surface area contributed by atoms with Gasteiger partial charge in [-0.15, -0.1) is 0 Å². The smallest absolute Gasteiger partial charge is 0.412 e. The Morgan fingerprint density at radius 2 is 1.81 bits per heavy atom. The molecule has 0 aliphatic carbocycles. The number of rotatable bonds is 3. The molecule has 0 bridgehead atoms. The Morgan fingerprint density at radius 1 is 1.08 bits per heavy atom. The number of carbonyl (C=O) groups is 2. The summed E-state index contributed by atoms with van der Waals surface area (Å²) in [5.74, 6) is -1.12. The van der Waals surface area contributed by atoms with Crippen LogP contribution in [-0.2, 0) is 4.74 Å². The summed E-state index contributed by atoms with van der Waals surface area (Å²) in [5.41, 5.74) is 0.660. The van der Waals surface area contributed by atoms with E-state index < -0.39 is 23.3 Å². The lowest BCUT2D eigenvalue weighted by molar-refractivity contribution is 0.0635. The Balaban J connectivity index is 1.90. The molecule has 1 amide bonds. The molecular weight excluding hydrogens is 335 g/mol. The topological polar surface area (TPSA) is 71.2 Å². The highest BCUT2D eigenvalue weighted by Gasteiger charge is 2.20. The first-order valence-corrected chi connectivity index (χ1v) is 8.15. The van der Waals surface area contributed by atoms with Crippen molar-refractivity contribution >= 4 is 28.5 Å². The summed E-state index contributed by atoms with van der Waals surface area (Å²) in [6.45, 7) is 5.22. The van der Waals surface area contributed by atoms with Crippen molar-refractivity contribution in [1.82, 2.24) is 4.98 Å². The molecule has 0 unspecified atom stereocenters. The zero-order valence-electron chi connectivity index (χ0n) is 14.7. The number of halogens is 1. The van der Waals surface area contributed by atoms with Gasteiger partial charge in [0.1, 0.15) is 11.4 Å². The molecule has 2 aromatic carbocycles. The Bertz CT molecular complexity index is 986. The van der Waals surface area contributed by atoms with Gasteiger partial charge in [0.25, 0.3) is 0 Å². The summed E-state index contributed by atoms with van der Waals surface area (Å²) in [6, 6.07) is 11.1. The third kappa shape index (κ3) is 3.74. The molecule has 2 N–H and O–H groups in total. The van der Waals surface area contributed by atoms with Crippen LogP contribution >= 0.6 is 0 Å². The summed E-state index contributed by atoms with van der Waals surface area (Å²) in [5, 5.41) is 3.23. The van der Waals surface area contributed by atoms with Crippen molar-refractivity contribution in [3.05, 3.63) is 65.6 Å². The molecule has 0 aliphatic heterocycles. The fraction of sp³-hybridized carbons (Fsp3) is 0.200. The van der Waals surface area contributed by atoms with E-state index in [0.29, 0.717) is 10.9 Å². The number of hydrogen-bond acceptors (Lipinski definition) is 3. The van der Waals surface area contributed by atoms with Crippen LogP contribution in [0.2, 0.25) is 0 Å². The molecule has 0 fully saturated rings. The van der Waals surface area contributed by atoms with E-state index in [-0.39, 0.29) is 11.3 Å². The first-order valence-electron chi connectivity index (χ1n) is 8.15. The van der Waals surface area contributed by atoms with E-state index in [1.54, 1.807) is 33.0 Å². The number of aromatic amines is 1. The molecule has 0 atom stereocenters. The van der Waals surface area contributed by atoms with Gasteiger partial charge in [0, 0.05) is 28.4 Å². The minimum absolute atomic E-state index is 0.122. The fourth-order valence-electron chi connectivity index (χ4n) is 2.60. The van der Waals surface area contributed by atoms with Gasteiger partial charge in [0.15, 0.2) is 5.78 Å². The third-order valence-electron chi connectivity index (χ3n) is 3.69. The van der Waals surface area contributed by atoms with Gasteiger partial charge >= 0.3 is 6.09 Å². The first kappa shape index (κ1) is 17.7. The standard InChI is InChI=1S/C20H19FN2O3/c1-20(2,3)26-19(25)23-12-8-9-16(21)14(10-12)18(24)15-11-22-17-7-5-4-6-13(15)17/h4-11,22H,1-3H3,(H,23,25). The number of aromatic nitrogens is 1. The molecule has 1 heterocycles. The van der Waals surface area contributed by atoms with Crippen molar-refractivity contribution in [3.63, 3.8) is 0 Å². The summed E-state index contributed by atoms with van der Waals surface area (Å²) in [4.78, 5) is 27.7. The molecule has 6 heteroatoms. The van der Waals surface area contributed by atoms with Gasteiger partial charge < -0.3 is 9.72 Å². The van der Waals surface area contributed by atoms with Crippen molar-refractivity contribution in [1.29, 1.82) is 0 Å². The highest BCUT2D eigenvalue weighted by Crippen LogP contribution is 2.24. The van der Waals surface area contributed by atoms with E-state index in [9.17, 15) is 14.0 Å². The van der Waals surface area contributed by atoms with Crippen LogP contribution < -0.4 is 5.32 Å². The summed E-state index contributed by atoms with van der Waals surface area (Å²) in [6.07, 6.45) is 0.884. The predicted molar refractivity (Wildman–Crippen MR) is 98.0 cm³/mol. The van der Waals surface area contributed by atoms with Crippen LogP contribution in [0, 0.1) is 5.82 Å². The normalized spacial score (nSPS) is 11.4. The molecule has 0 spiro atoms. The quantitative estimate of drug-likeness (QED) is 0.658. The van der Waals surface area contributed by atoms with E-state index in [4.69, 9.17) is 4.74 Å². The van der Waals surface area contributed by atoms with E-state index in [2.05, 4.69) is 10.3 Å². The monoisotopic (exact) mass is 354 g/mol. The van der Waals surface area contributed by atoms with Gasteiger partial charge in [-0.2, -0.15) is 0 Å². The second kappa shape index (κ2) is 6.63. The molecule has 0 aliphatic rings. The van der Waals surface area contributed by atoms with Crippen molar-refractivity contribution < 1.29 is 18.7 Å². The fourth-order valence-corrected chi connectivity index (χ4v) is 2.60. The first-order chi connectivity index (χ1) is 12.2. The van der Waals surface area contributed by atoms with Gasteiger partial charge in [-0.3, -0.25) is 10.1 Å². The van der Waals surface area contributed by atoms with E-state index in [0.717, 1.165) is 11.6 Å². The van der Waals surface area contributed by atoms with Crippen LogP contribution in [0.3, 0.4) is 0 Å². The molecule has 5 nitrogen and oxygen atoms in total. The van der Waals surface area contributed by atoms with E-state index >= 15 is 0 Å². The number of hydrogen-bond donors (Lipinski definition) is 2. The van der Waals surface area contributed by atoms with Crippen LogP contribution in [0.15, 0.2) is 48.7 Å². The second-order valence-electron chi connectivity index (χ2n) is 6.90. The molecule has 134 valence electrons. The number of benzene rings is 2. The number of ketones is 1. The van der Waals surface area contributed by atoms with Crippen LogP contribution in [-0.4, -0.2) is 22.5 Å². The Hall–Kier alpha value is -3.15. The molecule has 1 aromatic heterocycles. The van der Waals surface area contributed by atoms with Crippen molar-refractivity contribution in [2.24, 2.45) is 0 Å². The van der Waals surface area contributed by atoms with Crippen molar-refractivity contribution in [2.45, 2.75) is 26.4 Å². The van der Waals surface area contributed by atoms with Crippen LogP contribution in [0.1, 0.15) is 36.7 Å². The maximum atomic E-state index is 14.2. The largest absolute Gasteiger partial charge is 0.444 e. The number of fused-ring (bicyclic) bond motifs is 1. The Kier molecular flexibility index (Phi) is 4.50. The molecule has 3 aromatic rings. The summed E-state index contributed by atoms with van der Waals surface area (Å²) >= 11 is 0. The van der Waals surface area contributed by atoms with Gasteiger partial charge in [0.2, 0.25) is 0 Å². The molecule has 3 rings (SSSR count). The molecular formula is C20H19FN2O3. The van der Waals surface area contributed by atoms with Crippen LogP contribution in [0.5, 0.6) is 0 Å². The lowest BCUT2D eigenvalue weighted by Crippen LogP contribution is -2.27. The predicted octanol–water partition coefficient (Wildman–Crippen LogP) is 4.89. The average molecular weight is 354 g/mol. The third-order valence-corrected chi connectivity index (χ3v) is 3.69. The molecule has 0 saturated carbocycles. The SMILES string of the molecule is CC(C)(C)OC(=O)Nc1ccc(F)c(C(=O)c2c[nH]c3ccccc23)c1. The number of nitrogens with one attached hydrogen (secondary N) is 2. The van der Waals surface area contributed by atoms with Gasteiger partial charge in [-0.05, 0) is 45.0 Å². The summed E-state index contributed by atoms with van der Waals surface area (Å²) in [7, 11) is 0. The highest BCUT2D eigenvalue weighted by molar-refractivity contribution is 6.16. The maximum absolute atomic E-state index is 14.2. The minimum Gasteiger partial charge on any atom is -0.444 e. The van der Waals surface area contributed by atoms with Crippen LogP contribution in [0.25, 0.3) is 10.9 Å². The molecule has 0 saturated heterocycles. The zero-order chi connectivity index (χ0) is 18.9. The van der Waals surface area contributed by atoms with E-state index in [1.807, 2.05) is 18.2 Å². The Labute approximate surface area is 150 Å². The molecule has 0 radical (unpaired) electrons. The number of amides is 1. The number of H-pyrrole nitrogens is 1. The maximum Gasteiger partial charge on any atom is 0.412 e. The second-order valence-corrected chi connectivity index (χ2v) is 6.90. The average Bonchev–Trinajstić information content (AvgIpc) is 2.98. The number of para-hydroxylation sites is 1. The Morgan fingerprint density at radius 3 is 2.54 bits per heavy atom. The highest BCUT2D eigenvalue weighted by atomic mass is 19.1. The zero-order valence-corrected chi connectivity index (χ0v) is 14.7. The number of carbonyl (C=O) groups excluding carboxylic acids is 2. The van der Waals surface area contributed by atoms with Crippen LogP contribution in [0.4, 0.5) is 14.9 Å². The van der Waals surface area contributed by atoms with Gasteiger partial charge in [0.05, 0.1) is 5.56 Å². The van der Waals surface area contributed by atoms with E-state index in [1.165, 1.54) is 12.1 Å². The lowest BCUT2D eigenvalue weighted by Gasteiger charge is -2.19. The van der Waals surface area contributed by atoms with Crippen molar-refractivity contribution in [3.8, 4) is 0 Å². The molecule has 26 heavy (non-hydrogen) atoms. The minimum atomic E-state index is -0.672. The number of anilines is 1. The summed E-state index contributed by atoms with van der Waals surface area (Å²) < 4.78 is 19.4. The van der Waals surface area contributed by atoms with Gasteiger partial charge in [-0.1, -0.05) is 18.2 Å². The van der Waals surface area contributed by atoms with Crippen molar-refractivity contribution in [2.75, 3.05) is 5.32 Å². The van der Waals surface area contributed by atoms with Gasteiger partial charge in [-0.25, -0.2) is 9.18 Å². The lowest BCUT2D eigenvalue weighted by atomic mass is 10.0. The number of ether oxygens (including phenoxy) is 1.